The van der Waals surface area contributed by atoms with Gasteiger partial charge in [0.05, 0.1) is 0 Å². The van der Waals surface area contributed by atoms with E-state index in [4.69, 9.17) is 0 Å². The Morgan fingerprint density at radius 3 is 2.32 bits per heavy atom. The predicted octanol–water partition coefficient (Wildman–Crippen LogP) is 5.32. The standard InChI is InChI=1S/C18H29N/c1-13-10-11-15(12-14(13)2)19-17-9-7-6-8-16(17)18(3,4)5/h10-12,16-17,19H,6-9H2,1-5H3. The second-order valence-corrected chi connectivity index (χ2v) is 7.31. The summed E-state index contributed by atoms with van der Waals surface area (Å²) < 4.78 is 0. The molecule has 19 heavy (non-hydrogen) atoms. The zero-order chi connectivity index (χ0) is 14.0. The molecule has 1 N–H and O–H groups in total. The van der Waals surface area contributed by atoms with E-state index < -0.39 is 0 Å². The van der Waals surface area contributed by atoms with Gasteiger partial charge in [0.2, 0.25) is 0 Å². The summed E-state index contributed by atoms with van der Waals surface area (Å²) >= 11 is 0. The molecule has 1 nitrogen and oxygen atoms in total. The van der Waals surface area contributed by atoms with Gasteiger partial charge in [0, 0.05) is 11.7 Å². The molecule has 0 saturated heterocycles. The van der Waals surface area contributed by atoms with Gasteiger partial charge in [-0.2, -0.15) is 0 Å². The predicted molar refractivity (Wildman–Crippen MR) is 84.7 cm³/mol. The molecule has 1 aromatic carbocycles. The van der Waals surface area contributed by atoms with Crippen molar-refractivity contribution in [2.75, 3.05) is 5.32 Å². The SMILES string of the molecule is Cc1ccc(NC2CCCCC2C(C)(C)C)cc1C. The third-order valence-electron chi connectivity index (χ3n) is 4.74. The molecule has 0 heterocycles. The lowest BCUT2D eigenvalue weighted by atomic mass is 9.69. The molecular formula is C18H29N. The highest BCUT2D eigenvalue weighted by Gasteiger charge is 2.33. The molecule has 0 aliphatic heterocycles. The Bertz CT molecular complexity index is 428. The molecule has 0 bridgehead atoms. The minimum Gasteiger partial charge on any atom is -0.382 e. The van der Waals surface area contributed by atoms with E-state index >= 15 is 0 Å². The van der Waals surface area contributed by atoms with Crippen LogP contribution in [0.2, 0.25) is 0 Å². The molecule has 0 aromatic heterocycles. The van der Waals surface area contributed by atoms with Crippen LogP contribution in [0.5, 0.6) is 0 Å². The average Bonchev–Trinajstić information content (AvgIpc) is 2.33. The highest BCUT2D eigenvalue weighted by molar-refractivity contribution is 5.49. The summed E-state index contributed by atoms with van der Waals surface area (Å²) in [5, 5.41) is 3.81. The van der Waals surface area contributed by atoms with Crippen molar-refractivity contribution in [1.82, 2.24) is 0 Å². The van der Waals surface area contributed by atoms with Crippen LogP contribution >= 0.6 is 0 Å². The average molecular weight is 259 g/mol. The molecular weight excluding hydrogens is 230 g/mol. The van der Waals surface area contributed by atoms with Gasteiger partial charge in [0.15, 0.2) is 0 Å². The van der Waals surface area contributed by atoms with Crippen LogP contribution < -0.4 is 5.32 Å². The summed E-state index contributed by atoms with van der Waals surface area (Å²) in [5.41, 5.74) is 4.46. The molecule has 106 valence electrons. The van der Waals surface area contributed by atoms with E-state index in [9.17, 15) is 0 Å². The fourth-order valence-corrected chi connectivity index (χ4v) is 3.39. The molecule has 1 aliphatic carbocycles. The number of anilines is 1. The highest BCUT2D eigenvalue weighted by atomic mass is 14.9. The van der Waals surface area contributed by atoms with Crippen LogP contribution in [-0.4, -0.2) is 6.04 Å². The first-order valence-corrected chi connectivity index (χ1v) is 7.72. The molecule has 1 heteroatoms. The minimum absolute atomic E-state index is 0.401. The van der Waals surface area contributed by atoms with Crippen LogP contribution in [0.15, 0.2) is 18.2 Å². The van der Waals surface area contributed by atoms with Crippen LogP contribution in [0.3, 0.4) is 0 Å². The van der Waals surface area contributed by atoms with Crippen molar-refractivity contribution in [3.63, 3.8) is 0 Å². The number of hydrogen-bond acceptors (Lipinski definition) is 1. The highest BCUT2D eigenvalue weighted by Crippen LogP contribution is 2.39. The monoisotopic (exact) mass is 259 g/mol. The Labute approximate surface area is 118 Å². The fraction of sp³-hybridized carbons (Fsp3) is 0.667. The minimum atomic E-state index is 0.401. The smallest absolute Gasteiger partial charge is 0.0345 e. The summed E-state index contributed by atoms with van der Waals surface area (Å²) in [5.74, 6) is 0.780. The first kappa shape index (κ1) is 14.4. The molecule has 0 spiro atoms. The number of aryl methyl sites for hydroxylation is 2. The van der Waals surface area contributed by atoms with E-state index in [0.717, 1.165) is 5.92 Å². The van der Waals surface area contributed by atoms with Crippen LogP contribution in [0.4, 0.5) is 5.69 Å². The zero-order valence-electron chi connectivity index (χ0n) is 13.2. The third kappa shape index (κ3) is 3.52. The maximum atomic E-state index is 3.81. The van der Waals surface area contributed by atoms with Gasteiger partial charge in [0.1, 0.15) is 0 Å². The van der Waals surface area contributed by atoms with Gasteiger partial charge in [-0.1, -0.05) is 39.7 Å². The summed E-state index contributed by atoms with van der Waals surface area (Å²) in [7, 11) is 0. The Kier molecular flexibility index (Phi) is 4.23. The van der Waals surface area contributed by atoms with Crippen LogP contribution in [0, 0.1) is 25.2 Å². The lowest BCUT2D eigenvalue weighted by Crippen LogP contribution is -2.39. The lowest BCUT2D eigenvalue weighted by molar-refractivity contribution is 0.163. The molecule has 1 aliphatic rings. The molecule has 2 atom stereocenters. The zero-order valence-corrected chi connectivity index (χ0v) is 13.2. The van der Waals surface area contributed by atoms with Crippen molar-refractivity contribution in [3.05, 3.63) is 29.3 Å². The van der Waals surface area contributed by atoms with E-state index in [1.54, 1.807) is 0 Å². The molecule has 1 aromatic rings. The quantitative estimate of drug-likeness (QED) is 0.758. The molecule has 0 amide bonds. The van der Waals surface area contributed by atoms with Gasteiger partial charge in [0.25, 0.3) is 0 Å². The topological polar surface area (TPSA) is 12.0 Å². The molecule has 2 rings (SSSR count). The summed E-state index contributed by atoms with van der Waals surface area (Å²) in [4.78, 5) is 0. The Morgan fingerprint density at radius 1 is 1.00 bits per heavy atom. The van der Waals surface area contributed by atoms with E-state index in [2.05, 4.69) is 58.1 Å². The van der Waals surface area contributed by atoms with E-state index in [-0.39, 0.29) is 0 Å². The largest absolute Gasteiger partial charge is 0.382 e. The van der Waals surface area contributed by atoms with Crippen LogP contribution in [-0.2, 0) is 0 Å². The molecule has 0 radical (unpaired) electrons. The van der Waals surface area contributed by atoms with Gasteiger partial charge in [-0.25, -0.2) is 0 Å². The van der Waals surface area contributed by atoms with E-state index in [1.807, 2.05) is 0 Å². The third-order valence-corrected chi connectivity index (χ3v) is 4.74. The Morgan fingerprint density at radius 2 is 1.68 bits per heavy atom. The summed E-state index contributed by atoms with van der Waals surface area (Å²) in [6.45, 7) is 11.5. The number of benzene rings is 1. The van der Waals surface area contributed by atoms with Gasteiger partial charge < -0.3 is 5.32 Å². The van der Waals surface area contributed by atoms with Crippen molar-refractivity contribution in [3.8, 4) is 0 Å². The molecule has 1 fully saturated rings. The van der Waals surface area contributed by atoms with Gasteiger partial charge >= 0.3 is 0 Å². The van der Waals surface area contributed by atoms with Crippen LogP contribution in [0.25, 0.3) is 0 Å². The first-order valence-electron chi connectivity index (χ1n) is 7.72. The molecule has 1 saturated carbocycles. The maximum Gasteiger partial charge on any atom is 0.0345 e. The number of hydrogen-bond donors (Lipinski definition) is 1. The fourth-order valence-electron chi connectivity index (χ4n) is 3.39. The van der Waals surface area contributed by atoms with E-state index in [0.29, 0.717) is 11.5 Å². The van der Waals surface area contributed by atoms with Gasteiger partial charge in [-0.15, -0.1) is 0 Å². The normalized spacial score (nSPS) is 24.3. The van der Waals surface area contributed by atoms with Crippen molar-refractivity contribution < 1.29 is 0 Å². The number of rotatable bonds is 2. The van der Waals surface area contributed by atoms with E-state index in [1.165, 1.54) is 42.5 Å². The second kappa shape index (κ2) is 5.56. The Balaban J connectivity index is 2.13. The van der Waals surface area contributed by atoms with Crippen molar-refractivity contribution in [2.24, 2.45) is 11.3 Å². The second-order valence-electron chi connectivity index (χ2n) is 7.31. The molecule has 2 unspecified atom stereocenters. The Hall–Kier alpha value is -0.980. The summed E-state index contributed by atoms with van der Waals surface area (Å²) in [6, 6.07) is 7.39. The van der Waals surface area contributed by atoms with Gasteiger partial charge in [-0.05, 0) is 61.3 Å². The first-order chi connectivity index (χ1) is 8.88. The van der Waals surface area contributed by atoms with Crippen molar-refractivity contribution in [2.45, 2.75) is 66.3 Å². The van der Waals surface area contributed by atoms with Gasteiger partial charge in [-0.3, -0.25) is 0 Å². The summed E-state index contributed by atoms with van der Waals surface area (Å²) in [6.07, 6.45) is 5.45. The van der Waals surface area contributed by atoms with Crippen LogP contribution in [0.1, 0.15) is 57.6 Å². The van der Waals surface area contributed by atoms with Crippen molar-refractivity contribution >= 4 is 5.69 Å². The maximum absolute atomic E-state index is 3.81. The lowest BCUT2D eigenvalue weighted by Gasteiger charge is -2.41. The number of nitrogens with one attached hydrogen (secondary N) is 1. The van der Waals surface area contributed by atoms with Crippen molar-refractivity contribution in [1.29, 1.82) is 0 Å².